The number of fused-ring (bicyclic) bond motifs is 3. The molecule has 27 heavy (non-hydrogen) atoms. The molecule has 6 nitrogen and oxygen atoms in total. The predicted molar refractivity (Wildman–Crippen MR) is 110 cm³/mol. The summed E-state index contributed by atoms with van der Waals surface area (Å²) >= 11 is 0. The topological polar surface area (TPSA) is 62.5 Å². The highest BCUT2D eigenvalue weighted by Gasteiger charge is 2.23. The van der Waals surface area contributed by atoms with E-state index in [4.69, 9.17) is 10.1 Å². The number of hydrogen-bond acceptors (Lipinski definition) is 4. The maximum Gasteiger partial charge on any atom is 0.223 e. The van der Waals surface area contributed by atoms with Crippen LogP contribution in [-0.2, 0) is 11.2 Å². The van der Waals surface area contributed by atoms with E-state index in [-0.39, 0.29) is 24.4 Å². The number of benzene rings is 1. The minimum atomic E-state index is 0. The van der Waals surface area contributed by atoms with E-state index < -0.39 is 0 Å². The van der Waals surface area contributed by atoms with Crippen molar-refractivity contribution >= 4 is 34.9 Å². The lowest BCUT2D eigenvalue weighted by Crippen LogP contribution is -2.52. The minimum Gasteiger partial charge on any atom is -0.337 e. The molecule has 0 spiro atoms. The molecule has 4 rings (SSSR count). The molecule has 1 saturated heterocycles. The van der Waals surface area contributed by atoms with Crippen molar-refractivity contribution in [2.24, 2.45) is 0 Å². The van der Waals surface area contributed by atoms with E-state index in [1.165, 1.54) is 0 Å². The molecular weight excluding hydrogens is 362 g/mol. The lowest BCUT2D eigenvalue weighted by atomic mass is 10.0. The molecule has 1 aromatic carbocycles. The summed E-state index contributed by atoms with van der Waals surface area (Å²) in [7, 11) is 0. The number of aryl methyl sites for hydroxylation is 2. The summed E-state index contributed by atoms with van der Waals surface area (Å²) in [5, 5.41) is 9.09. The predicted octanol–water partition coefficient (Wildman–Crippen LogP) is 2.67. The molecule has 1 fully saturated rings. The summed E-state index contributed by atoms with van der Waals surface area (Å²) in [4.78, 5) is 19.5. The van der Waals surface area contributed by atoms with E-state index in [9.17, 15) is 4.79 Å². The SMILES string of the molecule is Cc1nc2c3ccccc3nn2c(C)c1CCC(=O)N1CCNC[C@@H]1C.Cl. The Morgan fingerprint density at radius 3 is 2.85 bits per heavy atom. The van der Waals surface area contributed by atoms with Crippen molar-refractivity contribution < 1.29 is 4.79 Å². The zero-order valence-corrected chi connectivity index (χ0v) is 16.8. The Balaban J connectivity index is 0.00000210. The zero-order chi connectivity index (χ0) is 18.3. The Bertz CT molecular complexity index is 983. The second kappa shape index (κ2) is 7.82. The number of nitrogens with zero attached hydrogens (tertiary/aromatic N) is 4. The third kappa shape index (κ3) is 3.51. The van der Waals surface area contributed by atoms with Gasteiger partial charge in [-0.05, 0) is 44.9 Å². The Labute approximate surface area is 165 Å². The van der Waals surface area contributed by atoms with E-state index in [2.05, 4.69) is 25.2 Å². The lowest BCUT2D eigenvalue weighted by Gasteiger charge is -2.34. The standard InChI is InChI=1S/C20H25N5O.ClH/c1-13-12-21-10-11-24(13)19(26)9-8-16-14(2)22-20-17-6-4-5-7-18(17)23-25(20)15(16)3;/h4-7,13,21H,8-12H2,1-3H3;1H/t13-;/m0./s1. The summed E-state index contributed by atoms with van der Waals surface area (Å²) in [6.45, 7) is 8.74. The van der Waals surface area contributed by atoms with Gasteiger partial charge in [-0.2, -0.15) is 5.10 Å². The van der Waals surface area contributed by atoms with Crippen LogP contribution in [0.2, 0.25) is 0 Å². The van der Waals surface area contributed by atoms with Gasteiger partial charge in [-0.15, -0.1) is 12.4 Å². The Morgan fingerprint density at radius 2 is 2.07 bits per heavy atom. The van der Waals surface area contributed by atoms with Gasteiger partial charge in [-0.25, -0.2) is 9.50 Å². The van der Waals surface area contributed by atoms with Crippen LogP contribution < -0.4 is 5.32 Å². The molecule has 1 N–H and O–H groups in total. The number of rotatable bonds is 3. The van der Waals surface area contributed by atoms with Crippen molar-refractivity contribution in [3.05, 3.63) is 41.2 Å². The van der Waals surface area contributed by atoms with Crippen LogP contribution in [-0.4, -0.2) is 51.1 Å². The van der Waals surface area contributed by atoms with E-state index in [0.29, 0.717) is 12.8 Å². The van der Waals surface area contributed by atoms with Gasteiger partial charge in [0.15, 0.2) is 5.65 Å². The number of halogens is 1. The zero-order valence-electron chi connectivity index (χ0n) is 16.0. The average molecular weight is 388 g/mol. The van der Waals surface area contributed by atoms with Crippen LogP contribution in [0.5, 0.6) is 0 Å². The molecule has 0 unspecified atom stereocenters. The van der Waals surface area contributed by atoms with Gasteiger partial charge in [0.2, 0.25) is 5.91 Å². The molecular formula is C20H26ClN5O. The molecule has 1 atom stereocenters. The van der Waals surface area contributed by atoms with Crippen molar-refractivity contribution in [3.8, 4) is 0 Å². The number of carbonyl (C=O) groups is 1. The molecule has 0 radical (unpaired) electrons. The third-order valence-corrected chi connectivity index (χ3v) is 5.43. The van der Waals surface area contributed by atoms with Crippen molar-refractivity contribution in [2.45, 2.75) is 39.7 Å². The number of nitrogens with one attached hydrogen (secondary N) is 1. The quantitative estimate of drug-likeness (QED) is 0.750. The molecule has 0 saturated carbocycles. The summed E-state index contributed by atoms with van der Waals surface area (Å²) in [5.41, 5.74) is 5.03. The number of aromatic nitrogens is 3. The van der Waals surface area contributed by atoms with Gasteiger partial charge < -0.3 is 10.2 Å². The molecule has 1 aliphatic rings. The van der Waals surface area contributed by atoms with Gasteiger partial charge in [0, 0.05) is 48.9 Å². The molecule has 0 aliphatic carbocycles. The van der Waals surface area contributed by atoms with Gasteiger partial charge in [0.1, 0.15) is 0 Å². The van der Waals surface area contributed by atoms with Gasteiger partial charge in [-0.1, -0.05) is 12.1 Å². The maximum atomic E-state index is 12.7. The first-order valence-corrected chi connectivity index (χ1v) is 9.30. The Kier molecular flexibility index (Phi) is 5.67. The van der Waals surface area contributed by atoms with E-state index in [0.717, 1.165) is 53.1 Å². The fourth-order valence-electron chi connectivity index (χ4n) is 3.93. The first-order valence-electron chi connectivity index (χ1n) is 9.30. The summed E-state index contributed by atoms with van der Waals surface area (Å²) in [6.07, 6.45) is 1.21. The van der Waals surface area contributed by atoms with Gasteiger partial charge in [0.05, 0.1) is 5.52 Å². The van der Waals surface area contributed by atoms with Crippen molar-refractivity contribution in [2.75, 3.05) is 19.6 Å². The molecule has 2 aromatic heterocycles. The van der Waals surface area contributed by atoms with E-state index >= 15 is 0 Å². The van der Waals surface area contributed by atoms with Crippen molar-refractivity contribution in [3.63, 3.8) is 0 Å². The van der Waals surface area contributed by atoms with Crippen LogP contribution in [0.3, 0.4) is 0 Å². The van der Waals surface area contributed by atoms with Crippen LogP contribution in [0.15, 0.2) is 24.3 Å². The van der Waals surface area contributed by atoms with Crippen molar-refractivity contribution in [1.82, 2.24) is 24.8 Å². The second-order valence-electron chi connectivity index (χ2n) is 7.15. The number of amides is 1. The monoisotopic (exact) mass is 387 g/mol. The van der Waals surface area contributed by atoms with Crippen LogP contribution >= 0.6 is 12.4 Å². The average Bonchev–Trinajstić information content (AvgIpc) is 3.01. The number of carbonyl (C=O) groups excluding carboxylic acids is 1. The highest BCUT2D eigenvalue weighted by molar-refractivity contribution is 5.92. The maximum absolute atomic E-state index is 12.7. The molecule has 1 amide bonds. The van der Waals surface area contributed by atoms with E-state index in [1.54, 1.807) is 0 Å². The van der Waals surface area contributed by atoms with Crippen LogP contribution in [0.25, 0.3) is 16.6 Å². The van der Waals surface area contributed by atoms with E-state index in [1.807, 2.05) is 34.5 Å². The van der Waals surface area contributed by atoms with Crippen LogP contribution in [0, 0.1) is 13.8 Å². The van der Waals surface area contributed by atoms with Crippen molar-refractivity contribution in [1.29, 1.82) is 0 Å². The van der Waals surface area contributed by atoms with Crippen LogP contribution in [0.4, 0.5) is 0 Å². The molecule has 3 heterocycles. The minimum absolute atomic E-state index is 0. The first-order chi connectivity index (χ1) is 12.6. The smallest absolute Gasteiger partial charge is 0.223 e. The van der Waals surface area contributed by atoms with Gasteiger partial charge >= 0.3 is 0 Å². The lowest BCUT2D eigenvalue weighted by molar-refractivity contribution is -0.133. The third-order valence-electron chi connectivity index (χ3n) is 5.43. The Morgan fingerprint density at radius 1 is 1.30 bits per heavy atom. The van der Waals surface area contributed by atoms with Gasteiger partial charge in [-0.3, -0.25) is 4.79 Å². The Hall–Kier alpha value is -2.18. The fourth-order valence-corrected chi connectivity index (χ4v) is 3.93. The van der Waals surface area contributed by atoms with Crippen LogP contribution in [0.1, 0.15) is 30.3 Å². The number of piperazine rings is 1. The summed E-state index contributed by atoms with van der Waals surface area (Å²) < 4.78 is 1.92. The molecule has 1 aliphatic heterocycles. The number of hydrogen-bond donors (Lipinski definition) is 1. The highest BCUT2D eigenvalue weighted by atomic mass is 35.5. The normalized spacial score (nSPS) is 17.3. The molecule has 144 valence electrons. The van der Waals surface area contributed by atoms with Gasteiger partial charge in [0.25, 0.3) is 0 Å². The molecule has 3 aromatic rings. The molecule has 0 bridgehead atoms. The summed E-state index contributed by atoms with van der Waals surface area (Å²) in [6, 6.07) is 8.32. The fraction of sp³-hybridized carbons (Fsp3) is 0.450. The summed E-state index contributed by atoms with van der Waals surface area (Å²) in [5.74, 6) is 0.225. The first kappa shape index (κ1) is 19.6. The largest absolute Gasteiger partial charge is 0.337 e. The molecule has 7 heteroatoms. The highest BCUT2D eigenvalue weighted by Crippen LogP contribution is 2.23. The second-order valence-corrected chi connectivity index (χ2v) is 7.15.